The van der Waals surface area contributed by atoms with E-state index in [9.17, 15) is 13.2 Å². The quantitative estimate of drug-likeness (QED) is 0.701. The molecule has 0 aromatic heterocycles. The monoisotopic (exact) mass is 432 g/mol. The molecule has 0 radical (unpaired) electrons. The number of carbonyl (C=O) groups excluding carboxylic acids is 1. The molecule has 1 amide bonds. The van der Waals surface area contributed by atoms with Gasteiger partial charge in [-0.3, -0.25) is 4.79 Å². The molecule has 7 nitrogen and oxygen atoms in total. The molecule has 1 aliphatic rings. The molecule has 30 heavy (non-hydrogen) atoms. The first-order valence-electron chi connectivity index (χ1n) is 9.82. The second-order valence-electron chi connectivity index (χ2n) is 7.42. The predicted molar refractivity (Wildman–Crippen MR) is 115 cm³/mol. The number of hydrogen-bond acceptors (Lipinski definition) is 5. The Morgan fingerprint density at radius 2 is 1.60 bits per heavy atom. The van der Waals surface area contributed by atoms with Crippen LogP contribution in [0.1, 0.15) is 16.7 Å². The molecule has 162 valence electrons. The Morgan fingerprint density at radius 1 is 0.933 bits per heavy atom. The molecule has 0 atom stereocenters. The van der Waals surface area contributed by atoms with Crippen LogP contribution >= 0.6 is 0 Å². The number of methoxy groups -OCH3 is 2. The van der Waals surface area contributed by atoms with Crippen LogP contribution in [-0.2, 0) is 21.2 Å². The summed E-state index contributed by atoms with van der Waals surface area (Å²) in [4.78, 5) is 14.8. The standard InChI is InChI=1S/C22H28N2O5S/c1-16-5-6-17(2)21(13-16)30(26,27)24-11-9-23(10-12-24)22(25)15-18-7-8-19(28-3)20(14-18)29-4/h5-8,13-14H,9-12,15H2,1-4H3. The van der Waals surface area contributed by atoms with Crippen molar-refractivity contribution in [2.45, 2.75) is 25.2 Å². The molecule has 2 aromatic carbocycles. The molecule has 0 saturated carbocycles. The smallest absolute Gasteiger partial charge is 0.243 e. The molecule has 0 bridgehead atoms. The molecule has 1 fully saturated rings. The van der Waals surface area contributed by atoms with Crippen LogP contribution in [0.2, 0.25) is 0 Å². The number of carbonyl (C=O) groups is 1. The topological polar surface area (TPSA) is 76.2 Å². The third-order valence-electron chi connectivity index (χ3n) is 5.36. The highest BCUT2D eigenvalue weighted by atomic mass is 32.2. The van der Waals surface area contributed by atoms with Gasteiger partial charge in [-0.15, -0.1) is 0 Å². The Bertz CT molecular complexity index is 1030. The molecule has 1 heterocycles. The van der Waals surface area contributed by atoms with Crippen LogP contribution in [0.15, 0.2) is 41.3 Å². The second kappa shape index (κ2) is 9.06. The van der Waals surface area contributed by atoms with E-state index in [1.165, 1.54) is 4.31 Å². The summed E-state index contributed by atoms with van der Waals surface area (Å²) in [5, 5.41) is 0. The van der Waals surface area contributed by atoms with Gasteiger partial charge in [0.2, 0.25) is 15.9 Å². The molecular formula is C22H28N2O5S. The van der Waals surface area contributed by atoms with Gasteiger partial charge in [-0.2, -0.15) is 4.31 Å². The number of nitrogens with zero attached hydrogens (tertiary/aromatic N) is 2. The van der Waals surface area contributed by atoms with Crippen molar-refractivity contribution in [2.75, 3.05) is 40.4 Å². The number of amides is 1. The number of aryl methyl sites for hydroxylation is 2. The van der Waals surface area contributed by atoms with Gasteiger partial charge in [0, 0.05) is 26.2 Å². The second-order valence-corrected chi connectivity index (χ2v) is 9.33. The maximum absolute atomic E-state index is 13.1. The van der Waals surface area contributed by atoms with Crippen LogP contribution in [0.3, 0.4) is 0 Å². The van der Waals surface area contributed by atoms with Gasteiger partial charge in [0.05, 0.1) is 25.5 Å². The van der Waals surface area contributed by atoms with Crippen molar-refractivity contribution in [3.05, 3.63) is 53.1 Å². The predicted octanol–water partition coefficient (Wildman–Crippen LogP) is 2.40. The van der Waals surface area contributed by atoms with Gasteiger partial charge in [-0.05, 0) is 48.7 Å². The van der Waals surface area contributed by atoms with Crippen molar-refractivity contribution in [2.24, 2.45) is 0 Å². The van der Waals surface area contributed by atoms with E-state index in [0.29, 0.717) is 29.5 Å². The molecule has 0 spiro atoms. The van der Waals surface area contributed by atoms with Crippen molar-refractivity contribution in [3.8, 4) is 11.5 Å². The Labute approximate surface area is 178 Å². The summed E-state index contributed by atoms with van der Waals surface area (Å²) in [6.07, 6.45) is 0.226. The van der Waals surface area contributed by atoms with Crippen LogP contribution in [0.4, 0.5) is 0 Å². The van der Waals surface area contributed by atoms with Crippen molar-refractivity contribution >= 4 is 15.9 Å². The molecule has 0 N–H and O–H groups in total. The van der Waals surface area contributed by atoms with Gasteiger partial charge in [-0.25, -0.2) is 8.42 Å². The summed E-state index contributed by atoms with van der Waals surface area (Å²) >= 11 is 0. The SMILES string of the molecule is COc1ccc(CC(=O)N2CCN(S(=O)(=O)c3cc(C)ccc3C)CC2)cc1OC. The first-order chi connectivity index (χ1) is 14.3. The zero-order valence-corrected chi connectivity index (χ0v) is 18.7. The lowest BCUT2D eigenvalue weighted by Crippen LogP contribution is -2.50. The Balaban J connectivity index is 1.65. The Hall–Kier alpha value is -2.58. The number of benzene rings is 2. The van der Waals surface area contributed by atoms with Crippen LogP contribution in [0, 0.1) is 13.8 Å². The number of ether oxygens (including phenoxy) is 2. The fourth-order valence-electron chi connectivity index (χ4n) is 3.58. The lowest BCUT2D eigenvalue weighted by atomic mass is 10.1. The molecule has 8 heteroatoms. The van der Waals surface area contributed by atoms with Crippen molar-refractivity contribution in [3.63, 3.8) is 0 Å². The summed E-state index contributed by atoms with van der Waals surface area (Å²) in [6.45, 7) is 4.99. The summed E-state index contributed by atoms with van der Waals surface area (Å²) in [5.74, 6) is 1.15. The normalized spacial score (nSPS) is 15.1. The highest BCUT2D eigenvalue weighted by molar-refractivity contribution is 7.89. The molecule has 1 saturated heterocycles. The zero-order chi connectivity index (χ0) is 21.9. The maximum Gasteiger partial charge on any atom is 0.243 e. The summed E-state index contributed by atoms with van der Waals surface area (Å²) in [7, 11) is -0.456. The Kier molecular flexibility index (Phi) is 6.67. The van der Waals surface area contributed by atoms with E-state index in [2.05, 4.69) is 0 Å². The maximum atomic E-state index is 13.1. The first kappa shape index (κ1) is 22.1. The zero-order valence-electron chi connectivity index (χ0n) is 17.8. The fraction of sp³-hybridized carbons (Fsp3) is 0.409. The lowest BCUT2D eigenvalue weighted by Gasteiger charge is -2.34. The first-order valence-corrected chi connectivity index (χ1v) is 11.3. The number of rotatable bonds is 6. The molecule has 0 aliphatic carbocycles. The molecule has 3 rings (SSSR count). The van der Waals surface area contributed by atoms with E-state index >= 15 is 0 Å². The van der Waals surface area contributed by atoms with E-state index in [-0.39, 0.29) is 25.4 Å². The highest BCUT2D eigenvalue weighted by Crippen LogP contribution is 2.28. The minimum absolute atomic E-state index is 0.0361. The van der Waals surface area contributed by atoms with Gasteiger partial charge < -0.3 is 14.4 Å². The van der Waals surface area contributed by atoms with E-state index in [0.717, 1.165) is 16.7 Å². The average Bonchev–Trinajstić information content (AvgIpc) is 2.75. The van der Waals surface area contributed by atoms with Crippen molar-refractivity contribution in [1.82, 2.24) is 9.21 Å². The van der Waals surface area contributed by atoms with E-state index in [1.807, 2.05) is 25.1 Å². The third-order valence-corrected chi connectivity index (χ3v) is 7.40. The molecule has 2 aromatic rings. The highest BCUT2D eigenvalue weighted by Gasteiger charge is 2.31. The van der Waals surface area contributed by atoms with Gasteiger partial charge in [0.1, 0.15) is 0 Å². The third kappa shape index (κ3) is 4.60. The number of piperazine rings is 1. The molecular weight excluding hydrogens is 404 g/mol. The minimum Gasteiger partial charge on any atom is -0.493 e. The van der Waals surface area contributed by atoms with Gasteiger partial charge in [0.15, 0.2) is 11.5 Å². The number of sulfonamides is 1. The van der Waals surface area contributed by atoms with Gasteiger partial charge >= 0.3 is 0 Å². The lowest BCUT2D eigenvalue weighted by molar-refractivity contribution is -0.131. The van der Waals surface area contributed by atoms with E-state index in [1.54, 1.807) is 44.2 Å². The minimum atomic E-state index is -3.57. The number of hydrogen-bond donors (Lipinski definition) is 0. The molecule has 0 unspecified atom stereocenters. The van der Waals surface area contributed by atoms with Crippen LogP contribution < -0.4 is 9.47 Å². The van der Waals surface area contributed by atoms with Crippen LogP contribution in [0.5, 0.6) is 11.5 Å². The van der Waals surface area contributed by atoms with Crippen LogP contribution in [0.25, 0.3) is 0 Å². The Morgan fingerprint density at radius 3 is 2.23 bits per heavy atom. The van der Waals surface area contributed by atoms with Crippen molar-refractivity contribution in [1.29, 1.82) is 0 Å². The fourth-order valence-corrected chi connectivity index (χ4v) is 5.31. The summed E-state index contributed by atoms with van der Waals surface area (Å²) in [5.41, 5.74) is 2.46. The largest absolute Gasteiger partial charge is 0.493 e. The van der Waals surface area contributed by atoms with Crippen molar-refractivity contribution < 1.29 is 22.7 Å². The van der Waals surface area contributed by atoms with Gasteiger partial charge in [-0.1, -0.05) is 18.2 Å². The van der Waals surface area contributed by atoms with E-state index in [4.69, 9.17) is 9.47 Å². The van der Waals surface area contributed by atoms with Gasteiger partial charge in [0.25, 0.3) is 0 Å². The average molecular weight is 433 g/mol. The van der Waals surface area contributed by atoms with Crippen LogP contribution in [-0.4, -0.2) is 63.9 Å². The van der Waals surface area contributed by atoms with E-state index < -0.39 is 10.0 Å². The molecule has 1 aliphatic heterocycles. The summed E-state index contributed by atoms with van der Waals surface area (Å²) < 4.78 is 38.1. The summed E-state index contributed by atoms with van der Waals surface area (Å²) in [6, 6.07) is 10.8.